The molecule has 0 fully saturated rings. The Morgan fingerprint density at radius 1 is 0.774 bits per heavy atom. The summed E-state index contributed by atoms with van der Waals surface area (Å²) in [4.78, 5) is 58.7. The van der Waals surface area contributed by atoms with Crippen molar-refractivity contribution in [3.05, 3.63) is 70.8 Å². The monoisotopic (exact) mass is 419 g/mol. The second kappa shape index (κ2) is 8.14. The number of benzene rings is 2. The van der Waals surface area contributed by atoms with Crippen LogP contribution < -0.4 is 0 Å². The third kappa shape index (κ3) is 3.50. The first kappa shape index (κ1) is 20.5. The fourth-order valence-electron chi connectivity index (χ4n) is 3.81. The van der Waals surface area contributed by atoms with Crippen molar-refractivity contribution in [3.8, 4) is 0 Å². The predicted molar refractivity (Wildman–Crippen MR) is 112 cm³/mol. The molecule has 0 bridgehead atoms. The van der Waals surface area contributed by atoms with E-state index in [0.717, 1.165) is 9.80 Å². The molecule has 0 saturated heterocycles. The van der Waals surface area contributed by atoms with Crippen molar-refractivity contribution in [3.63, 3.8) is 0 Å². The number of carbonyl (C=O) groups excluding carboxylic acids is 4. The lowest BCUT2D eigenvalue weighted by molar-refractivity contribution is 0.0602. The van der Waals surface area contributed by atoms with Crippen LogP contribution in [0, 0.1) is 5.92 Å². The standard InChI is InChI=1S/C23H21N3O5/c1-3-31-24-14(2)15(12-25-20(27)16-8-4-5-9-17(16)21(25)28)13-26-22(29)18-10-6-7-11-19(18)23(26)30/h4-11,15H,3,12-13H2,1-2H3/b24-14+. The maximum atomic E-state index is 12.8. The zero-order valence-corrected chi connectivity index (χ0v) is 17.2. The van der Waals surface area contributed by atoms with E-state index < -0.39 is 29.5 Å². The number of fused-ring (bicyclic) bond motifs is 2. The molecule has 2 aromatic rings. The Bertz CT molecular complexity index is 976. The summed E-state index contributed by atoms with van der Waals surface area (Å²) in [6, 6.07) is 13.2. The molecule has 2 aliphatic heterocycles. The van der Waals surface area contributed by atoms with Crippen molar-refractivity contribution in [2.45, 2.75) is 13.8 Å². The van der Waals surface area contributed by atoms with Crippen LogP contribution in [0.2, 0.25) is 0 Å². The van der Waals surface area contributed by atoms with Crippen LogP contribution in [0.3, 0.4) is 0 Å². The molecule has 0 aliphatic carbocycles. The van der Waals surface area contributed by atoms with E-state index in [1.807, 2.05) is 0 Å². The molecule has 4 rings (SSSR count). The molecule has 0 unspecified atom stereocenters. The lowest BCUT2D eigenvalue weighted by Crippen LogP contribution is -2.44. The summed E-state index contributed by atoms with van der Waals surface area (Å²) < 4.78 is 0. The van der Waals surface area contributed by atoms with E-state index in [2.05, 4.69) is 5.16 Å². The molecule has 0 atom stereocenters. The number of nitrogens with zero attached hydrogens (tertiary/aromatic N) is 3. The van der Waals surface area contributed by atoms with Crippen LogP contribution in [0.1, 0.15) is 55.3 Å². The van der Waals surface area contributed by atoms with Gasteiger partial charge in [0.2, 0.25) is 0 Å². The molecule has 2 heterocycles. The maximum absolute atomic E-state index is 12.8. The van der Waals surface area contributed by atoms with Crippen molar-refractivity contribution >= 4 is 29.3 Å². The Morgan fingerprint density at radius 3 is 1.45 bits per heavy atom. The largest absolute Gasteiger partial charge is 0.396 e. The zero-order chi connectivity index (χ0) is 22.1. The molecule has 158 valence electrons. The fourth-order valence-corrected chi connectivity index (χ4v) is 3.81. The van der Waals surface area contributed by atoms with Crippen molar-refractivity contribution in [2.24, 2.45) is 11.1 Å². The van der Waals surface area contributed by atoms with Gasteiger partial charge in [-0.2, -0.15) is 0 Å². The molecule has 4 amide bonds. The first-order chi connectivity index (χ1) is 14.9. The fraction of sp³-hybridized carbons (Fsp3) is 0.261. The lowest BCUT2D eigenvalue weighted by Gasteiger charge is -2.25. The predicted octanol–water partition coefficient (Wildman–Crippen LogP) is 2.61. The van der Waals surface area contributed by atoms with Gasteiger partial charge >= 0.3 is 0 Å². The summed E-state index contributed by atoms with van der Waals surface area (Å²) in [5.41, 5.74) is 1.84. The van der Waals surface area contributed by atoms with Gasteiger partial charge in [0.15, 0.2) is 0 Å². The number of rotatable bonds is 7. The van der Waals surface area contributed by atoms with E-state index in [9.17, 15) is 19.2 Å². The number of carbonyl (C=O) groups is 4. The van der Waals surface area contributed by atoms with Gasteiger partial charge in [0.1, 0.15) is 6.61 Å². The third-order valence-electron chi connectivity index (χ3n) is 5.49. The first-order valence-electron chi connectivity index (χ1n) is 10.0. The van der Waals surface area contributed by atoms with Crippen LogP contribution >= 0.6 is 0 Å². The highest BCUT2D eigenvalue weighted by atomic mass is 16.6. The Balaban J connectivity index is 1.61. The van der Waals surface area contributed by atoms with Crippen LogP contribution in [0.15, 0.2) is 53.7 Å². The normalized spacial score (nSPS) is 15.8. The summed E-state index contributed by atoms with van der Waals surface area (Å²) in [5.74, 6) is -2.19. The molecule has 31 heavy (non-hydrogen) atoms. The van der Waals surface area contributed by atoms with E-state index in [1.165, 1.54) is 0 Å². The Kier molecular flexibility index (Phi) is 5.37. The smallest absolute Gasteiger partial charge is 0.261 e. The van der Waals surface area contributed by atoms with Crippen LogP contribution in [-0.2, 0) is 4.84 Å². The second-order valence-corrected chi connectivity index (χ2v) is 7.38. The van der Waals surface area contributed by atoms with E-state index in [0.29, 0.717) is 34.6 Å². The number of hydrogen-bond acceptors (Lipinski definition) is 6. The number of imide groups is 2. The molecule has 2 aromatic carbocycles. The molecule has 0 radical (unpaired) electrons. The number of oxime groups is 1. The quantitative estimate of drug-likeness (QED) is 0.390. The van der Waals surface area contributed by atoms with Crippen molar-refractivity contribution in [1.82, 2.24) is 9.80 Å². The van der Waals surface area contributed by atoms with Crippen molar-refractivity contribution in [1.29, 1.82) is 0 Å². The maximum Gasteiger partial charge on any atom is 0.261 e. The molecular formula is C23H21N3O5. The van der Waals surface area contributed by atoms with Crippen molar-refractivity contribution < 1.29 is 24.0 Å². The average Bonchev–Trinajstić information content (AvgIpc) is 3.17. The average molecular weight is 419 g/mol. The highest BCUT2D eigenvalue weighted by Crippen LogP contribution is 2.27. The zero-order valence-electron chi connectivity index (χ0n) is 17.2. The molecule has 0 aromatic heterocycles. The molecule has 8 heteroatoms. The second-order valence-electron chi connectivity index (χ2n) is 7.38. The Morgan fingerprint density at radius 2 is 1.13 bits per heavy atom. The van der Waals surface area contributed by atoms with Crippen LogP contribution in [-0.4, -0.2) is 58.8 Å². The first-order valence-corrected chi connectivity index (χ1v) is 10.0. The third-order valence-corrected chi connectivity index (χ3v) is 5.49. The molecule has 0 saturated carbocycles. The molecular weight excluding hydrogens is 398 g/mol. The van der Waals surface area contributed by atoms with Gasteiger partial charge in [0.05, 0.1) is 28.0 Å². The van der Waals surface area contributed by atoms with Crippen molar-refractivity contribution in [2.75, 3.05) is 19.7 Å². The van der Waals surface area contributed by atoms with E-state index >= 15 is 0 Å². The van der Waals surface area contributed by atoms with Gasteiger partial charge < -0.3 is 4.84 Å². The minimum absolute atomic E-state index is 0.0256. The highest BCUT2D eigenvalue weighted by Gasteiger charge is 2.40. The number of hydrogen-bond donors (Lipinski definition) is 0. The van der Waals surface area contributed by atoms with Gasteiger partial charge in [-0.1, -0.05) is 29.4 Å². The molecule has 2 aliphatic rings. The minimum Gasteiger partial charge on any atom is -0.396 e. The van der Waals surface area contributed by atoms with Gasteiger partial charge in [0, 0.05) is 19.0 Å². The molecule has 0 N–H and O–H groups in total. The summed E-state index contributed by atoms with van der Waals surface area (Å²) in [6.07, 6.45) is 0. The van der Waals surface area contributed by atoms with Gasteiger partial charge in [0.25, 0.3) is 23.6 Å². The van der Waals surface area contributed by atoms with Gasteiger partial charge in [-0.25, -0.2) is 0 Å². The SMILES string of the molecule is CCO/N=C(\C)C(CN1C(=O)c2ccccc2C1=O)CN1C(=O)c2ccccc2C1=O. The summed E-state index contributed by atoms with van der Waals surface area (Å²) >= 11 is 0. The topological polar surface area (TPSA) is 96.3 Å². The number of amides is 4. The van der Waals surface area contributed by atoms with Gasteiger partial charge in [-0.3, -0.25) is 29.0 Å². The van der Waals surface area contributed by atoms with E-state index in [-0.39, 0.29) is 13.1 Å². The Labute approximate surface area is 179 Å². The summed E-state index contributed by atoms with van der Waals surface area (Å²) in [5, 5.41) is 4.04. The van der Waals surface area contributed by atoms with E-state index in [4.69, 9.17) is 4.84 Å². The van der Waals surface area contributed by atoms with Crippen LogP contribution in [0.5, 0.6) is 0 Å². The van der Waals surface area contributed by atoms with E-state index in [1.54, 1.807) is 62.4 Å². The molecule has 0 spiro atoms. The van der Waals surface area contributed by atoms with Gasteiger partial charge in [-0.15, -0.1) is 0 Å². The Hall–Kier alpha value is -3.81. The van der Waals surface area contributed by atoms with Gasteiger partial charge in [-0.05, 0) is 38.1 Å². The highest BCUT2D eigenvalue weighted by molar-refractivity contribution is 6.22. The molecule has 8 nitrogen and oxygen atoms in total. The summed E-state index contributed by atoms with van der Waals surface area (Å²) in [6.45, 7) is 3.76. The van der Waals surface area contributed by atoms with Crippen LogP contribution in [0.25, 0.3) is 0 Å². The van der Waals surface area contributed by atoms with Crippen LogP contribution in [0.4, 0.5) is 0 Å². The summed E-state index contributed by atoms with van der Waals surface area (Å²) in [7, 11) is 0. The minimum atomic E-state index is -0.573. The lowest BCUT2D eigenvalue weighted by atomic mass is 10.0.